The Labute approximate surface area is 232 Å². The minimum Gasteiger partial charge on any atom is -0.361 e. The molecule has 9 heteroatoms. The van der Waals surface area contributed by atoms with Gasteiger partial charge in [-0.3, -0.25) is 14.5 Å². The zero-order valence-corrected chi connectivity index (χ0v) is 22.6. The quantitative estimate of drug-likeness (QED) is 0.312. The van der Waals surface area contributed by atoms with Crippen LogP contribution in [0.4, 0.5) is 13.2 Å². The molecule has 2 aliphatic heterocycles. The molecule has 1 atom stereocenters. The highest BCUT2D eigenvalue weighted by Crippen LogP contribution is 2.35. The number of halogens is 3. The van der Waals surface area contributed by atoms with Crippen molar-refractivity contribution >= 4 is 28.8 Å². The lowest BCUT2D eigenvalue weighted by Crippen LogP contribution is -2.53. The Balaban J connectivity index is 1.19. The molecule has 3 aromatic rings. The zero-order chi connectivity index (χ0) is 28.2. The summed E-state index contributed by atoms with van der Waals surface area (Å²) in [7, 11) is 0. The van der Waals surface area contributed by atoms with Gasteiger partial charge in [-0.05, 0) is 86.0 Å². The number of likely N-dealkylation sites (tertiary alicyclic amines) is 2. The summed E-state index contributed by atoms with van der Waals surface area (Å²) in [6.45, 7) is 5.12. The number of hydrogen-bond acceptors (Lipinski definition) is 3. The Bertz CT molecular complexity index is 1370. The van der Waals surface area contributed by atoms with E-state index in [2.05, 4.69) is 39.6 Å². The van der Waals surface area contributed by atoms with Crippen LogP contribution in [-0.2, 0) is 9.59 Å². The van der Waals surface area contributed by atoms with Crippen LogP contribution in [-0.4, -0.2) is 65.4 Å². The summed E-state index contributed by atoms with van der Waals surface area (Å²) in [5.41, 5.74) is 2.63. The molecule has 212 valence electrons. The lowest BCUT2D eigenvalue weighted by Gasteiger charge is -2.44. The summed E-state index contributed by atoms with van der Waals surface area (Å²) in [5, 5.41) is 4.31. The van der Waals surface area contributed by atoms with Gasteiger partial charge in [-0.25, -0.2) is 13.2 Å². The summed E-state index contributed by atoms with van der Waals surface area (Å²) in [4.78, 5) is 32.1. The van der Waals surface area contributed by atoms with Gasteiger partial charge in [0, 0.05) is 55.8 Å². The maximum absolute atomic E-state index is 13.5. The average Bonchev–Trinajstić information content (AvgIpc) is 3.39. The van der Waals surface area contributed by atoms with Crippen molar-refractivity contribution in [1.29, 1.82) is 0 Å². The molecule has 2 aliphatic rings. The van der Waals surface area contributed by atoms with Crippen LogP contribution in [0.25, 0.3) is 17.0 Å². The van der Waals surface area contributed by atoms with Crippen LogP contribution in [0.15, 0.2) is 48.7 Å². The third-order valence-electron chi connectivity index (χ3n) is 8.44. The summed E-state index contributed by atoms with van der Waals surface area (Å²) in [6.07, 6.45) is 8.41. The van der Waals surface area contributed by atoms with Gasteiger partial charge in [0.15, 0.2) is 17.5 Å². The molecule has 2 fully saturated rings. The third-order valence-corrected chi connectivity index (χ3v) is 8.44. The van der Waals surface area contributed by atoms with E-state index in [0.29, 0.717) is 31.5 Å². The average molecular weight is 553 g/mol. The topological polar surface area (TPSA) is 68.4 Å². The third kappa shape index (κ3) is 6.25. The molecular formula is C31H35F3N4O2. The normalized spacial score (nSPS) is 18.4. The predicted molar refractivity (Wildman–Crippen MR) is 149 cm³/mol. The minimum atomic E-state index is -1.53. The van der Waals surface area contributed by atoms with E-state index < -0.39 is 17.5 Å². The van der Waals surface area contributed by atoms with Gasteiger partial charge >= 0.3 is 0 Å². The maximum Gasteiger partial charge on any atom is 0.246 e. The summed E-state index contributed by atoms with van der Waals surface area (Å²) in [5.74, 6) is -3.59. The molecule has 0 bridgehead atoms. The van der Waals surface area contributed by atoms with Gasteiger partial charge in [0.1, 0.15) is 0 Å². The molecule has 2 aromatic carbocycles. The van der Waals surface area contributed by atoms with Crippen molar-refractivity contribution in [2.45, 2.75) is 44.6 Å². The van der Waals surface area contributed by atoms with Crippen molar-refractivity contribution in [1.82, 2.24) is 20.1 Å². The number of H-pyrrole nitrogens is 1. The number of nitrogens with zero attached hydrogens (tertiary/aromatic N) is 2. The molecule has 6 nitrogen and oxygen atoms in total. The van der Waals surface area contributed by atoms with Crippen LogP contribution in [0.5, 0.6) is 0 Å². The van der Waals surface area contributed by atoms with Gasteiger partial charge < -0.3 is 15.2 Å². The molecule has 2 amide bonds. The molecule has 0 radical (unpaired) electrons. The van der Waals surface area contributed by atoms with Crippen molar-refractivity contribution in [3.63, 3.8) is 0 Å². The fourth-order valence-electron chi connectivity index (χ4n) is 6.26. The van der Waals surface area contributed by atoms with Gasteiger partial charge in [-0.1, -0.05) is 18.2 Å². The van der Waals surface area contributed by atoms with E-state index in [0.717, 1.165) is 56.4 Å². The smallest absolute Gasteiger partial charge is 0.246 e. The van der Waals surface area contributed by atoms with E-state index in [4.69, 9.17) is 0 Å². The minimum absolute atomic E-state index is 0.0508. The van der Waals surface area contributed by atoms with Crippen LogP contribution >= 0.6 is 0 Å². The Kier molecular flexibility index (Phi) is 8.59. The van der Waals surface area contributed by atoms with Gasteiger partial charge in [-0.2, -0.15) is 0 Å². The fraction of sp³-hybridized carbons (Fsp3) is 0.419. The number of rotatable bonds is 7. The number of para-hydroxylation sites is 1. The predicted octanol–water partition coefficient (Wildman–Crippen LogP) is 5.22. The van der Waals surface area contributed by atoms with Crippen molar-refractivity contribution in [3.05, 3.63) is 77.2 Å². The molecule has 40 heavy (non-hydrogen) atoms. The number of hydrogen-bond donors (Lipinski definition) is 2. The Hall–Kier alpha value is -3.59. The van der Waals surface area contributed by atoms with Crippen molar-refractivity contribution in [2.24, 2.45) is 5.92 Å². The molecule has 1 aromatic heterocycles. The Morgan fingerprint density at radius 1 is 1.02 bits per heavy atom. The molecule has 0 aliphatic carbocycles. The second-order valence-corrected chi connectivity index (χ2v) is 10.9. The summed E-state index contributed by atoms with van der Waals surface area (Å²) < 4.78 is 40.2. The Morgan fingerprint density at radius 3 is 2.38 bits per heavy atom. The van der Waals surface area contributed by atoms with Crippen LogP contribution < -0.4 is 5.32 Å². The number of aromatic nitrogens is 1. The zero-order valence-electron chi connectivity index (χ0n) is 22.6. The van der Waals surface area contributed by atoms with Crippen LogP contribution in [0.3, 0.4) is 0 Å². The number of piperidine rings is 2. The molecule has 2 saturated heterocycles. The first-order valence-electron chi connectivity index (χ1n) is 14.0. The second-order valence-electron chi connectivity index (χ2n) is 10.9. The molecule has 0 saturated carbocycles. The summed E-state index contributed by atoms with van der Waals surface area (Å²) >= 11 is 0. The molecular weight excluding hydrogens is 517 g/mol. The number of fused-ring (bicyclic) bond motifs is 1. The first-order chi connectivity index (χ1) is 19.3. The molecule has 1 unspecified atom stereocenters. The number of benzene rings is 2. The standard InChI is InChI=1S/C31H35F3N4O2/c1-20(39)35-19-29(37-12-8-22(9-13-37)25-18-36-28-5-3-2-4-24(25)28)23-10-14-38(15-11-23)30(40)7-6-21-16-26(32)31(34)27(33)17-21/h2-7,16-18,22-23,29,36H,8-15,19H2,1H3,(H,35,39)/b7-6+. The van der Waals surface area contributed by atoms with Crippen molar-refractivity contribution < 1.29 is 22.8 Å². The van der Waals surface area contributed by atoms with E-state index in [9.17, 15) is 22.8 Å². The number of nitrogens with one attached hydrogen (secondary N) is 2. The maximum atomic E-state index is 13.5. The molecule has 2 N–H and O–H groups in total. The van der Waals surface area contributed by atoms with E-state index in [-0.39, 0.29) is 23.4 Å². The van der Waals surface area contributed by atoms with Crippen molar-refractivity contribution in [3.8, 4) is 0 Å². The van der Waals surface area contributed by atoms with Gasteiger partial charge in [0.2, 0.25) is 11.8 Å². The van der Waals surface area contributed by atoms with E-state index in [1.165, 1.54) is 30.0 Å². The number of carbonyl (C=O) groups excluding carboxylic acids is 2. The van der Waals surface area contributed by atoms with E-state index >= 15 is 0 Å². The van der Waals surface area contributed by atoms with Gasteiger partial charge in [-0.15, -0.1) is 0 Å². The van der Waals surface area contributed by atoms with Crippen LogP contribution in [0.1, 0.15) is 49.7 Å². The molecule has 3 heterocycles. The van der Waals surface area contributed by atoms with Crippen LogP contribution in [0.2, 0.25) is 0 Å². The number of amides is 2. The highest BCUT2D eigenvalue weighted by Gasteiger charge is 2.34. The molecule has 5 rings (SSSR count). The monoisotopic (exact) mass is 552 g/mol. The van der Waals surface area contributed by atoms with E-state index in [1.54, 1.807) is 4.90 Å². The van der Waals surface area contributed by atoms with E-state index in [1.807, 2.05) is 6.07 Å². The largest absolute Gasteiger partial charge is 0.361 e. The number of aromatic amines is 1. The highest BCUT2D eigenvalue weighted by molar-refractivity contribution is 5.91. The highest BCUT2D eigenvalue weighted by atomic mass is 19.2. The summed E-state index contributed by atoms with van der Waals surface area (Å²) in [6, 6.07) is 10.3. The van der Waals surface area contributed by atoms with Gasteiger partial charge in [0.05, 0.1) is 0 Å². The lowest BCUT2D eigenvalue weighted by atomic mass is 9.84. The second kappa shape index (κ2) is 12.3. The Morgan fingerprint density at radius 2 is 1.70 bits per heavy atom. The van der Waals surface area contributed by atoms with Crippen LogP contribution in [0, 0.1) is 23.4 Å². The molecule has 0 spiro atoms. The lowest BCUT2D eigenvalue weighted by molar-refractivity contribution is -0.127. The van der Waals surface area contributed by atoms with Crippen molar-refractivity contribution in [2.75, 3.05) is 32.7 Å². The number of carbonyl (C=O) groups is 2. The SMILES string of the molecule is CC(=O)NCC(C1CCN(C(=O)/C=C/c2cc(F)c(F)c(F)c2)CC1)N1CCC(c2c[nH]c3ccccc23)CC1. The fourth-order valence-corrected chi connectivity index (χ4v) is 6.26. The first-order valence-corrected chi connectivity index (χ1v) is 14.0. The first kappa shape index (κ1) is 28.0. The van der Waals surface area contributed by atoms with Gasteiger partial charge in [0.25, 0.3) is 0 Å².